The van der Waals surface area contributed by atoms with Gasteiger partial charge in [0.25, 0.3) is 0 Å². The van der Waals surface area contributed by atoms with Crippen LogP contribution in [0.5, 0.6) is 0 Å². The third kappa shape index (κ3) is 3.06. The summed E-state index contributed by atoms with van der Waals surface area (Å²) in [6.07, 6.45) is 5.41. The number of esters is 1. The summed E-state index contributed by atoms with van der Waals surface area (Å²) < 4.78 is 5.18. The van der Waals surface area contributed by atoms with Crippen molar-refractivity contribution >= 4 is 5.97 Å². The third-order valence-electron chi connectivity index (χ3n) is 3.10. The van der Waals surface area contributed by atoms with Gasteiger partial charge in [0.05, 0.1) is 12.0 Å². The van der Waals surface area contributed by atoms with Gasteiger partial charge >= 0.3 is 5.97 Å². The van der Waals surface area contributed by atoms with Crippen LogP contribution < -0.4 is 5.32 Å². The van der Waals surface area contributed by atoms with Gasteiger partial charge in [0, 0.05) is 0 Å². The zero-order chi connectivity index (χ0) is 11.1. The molecule has 1 fully saturated rings. The Morgan fingerprint density at radius 1 is 1.53 bits per heavy atom. The number of rotatable bonds is 5. The van der Waals surface area contributed by atoms with Crippen molar-refractivity contribution in [1.82, 2.24) is 5.32 Å². The molecule has 0 radical (unpaired) electrons. The van der Waals surface area contributed by atoms with Gasteiger partial charge in [-0.1, -0.05) is 6.08 Å². The second-order valence-corrected chi connectivity index (χ2v) is 4.08. The monoisotopic (exact) mass is 211 g/mol. The Labute approximate surface area is 91.9 Å². The quantitative estimate of drug-likeness (QED) is 0.557. The summed E-state index contributed by atoms with van der Waals surface area (Å²) >= 11 is 0. The molecular formula is C12H21NO2. The second kappa shape index (κ2) is 5.91. The molecule has 1 aliphatic rings. The summed E-state index contributed by atoms with van der Waals surface area (Å²) in [5.74, 6) is -0.0200. The van der Waals surface area contributed by atoms with E-state index in [1.165, 1.54) is 0 Å². The van der Waals surface area contributed by atoms with Gasteiger partial charge in [-0.2, -0.15) is 0 Å². The van der Waals surface area contributed by atoms with E-state index in [1.807, 2.05) is 13.0 Å². The molecule has 0 amide bonds. The van der Waals surface area contributed by atoms with Crippen molar-refractivity contribution < 1.29 is 9.53 Å². The summed E-state index contributed by atoms with van der Waals surface area (Å²) in [5.41, 5.74) is -0.255. The first-order valence-electron chi connectivity index (χ1n) is 5.74. The minimum atomic E-state index is -0.255. The number of nitrogens with one attached hydrogen (secondary N) is 1. The van der Waals surface area contributed by atoms with Gasteiger partial charge in [-0.05, 0) is 45.7 Å². The molecule has 0 unspecified atom stereocenters. The molecule has 0 spiro atoms. The molecule has 1 heterocycles. The van der Waals surface area contributed by atoms with Crippen molar-refractivity contribution in [1.29, 1.82) is 0 Å². The number of hydrogen-bond donors (Lipinski definition) is 1. The summed E-state index contributed by atoms with van der Waals surface area (Å²) in [6, 6.07) is 0. The Morgan fingerprint density at radius 2 is 2.20 bits per heavy atom. The third-order valence-corrected chi connectivity index (χ3v) is 3.10. The maximum atomic E-state index is 11.9. The fourth-order valence-electron chi connectivity index (χ4n) is 2.12. The molecule has 15 heavy (non-hydrogen) atoms. The van der Waals surface area contributed by atoms with Gasteiger partial charge in [-0.25, -0.2) is 0 Å². The molecule has 86 valence electrons. The Kier molecular flexibility index (Phi) is 4.82. The van der Waals surface area contributed by atoms with Crippen molar-refractivity contribution in [2.24, 2.45) is 5.41 Å². The highest BCUT2D eigenvalue weighted by molar-refractivity contribution is 5.77. The molecule has 0 aliphatic carbocycles. The number of carbonyl (C=O) groups excluding carboxylic acids is 1. The van der Waals surface area contributed by atoms with E-state index in [4.69, 9.17) is 4.74 Å². The zero-order valence-electron chi connectivity index (χ0n) is 9.55. The van der Waals surface area contributed by atoms with Crippen LogP contribution in [0.25, 0.3) is 0 Å². The number of carbonyl (C=O) groups is 1. The molecule has 0 bridgehead atoms. The van der Waals surface area contributed by atoms with E-state index in [2.05, 4.69) is 11.9 Å². The average Bonchev–Trinajstić information content (AvgIpc) is 2.28. The lowest BCUT2D eigenvalue weighted by molar-refractivity contribution is -0.157. The fraction of sp³-hybridized carbons (Fsp3) is 0.750. The highest BCUT2D eigenvalue weighted by atomic mass is 16.5. The highest BCUT2D eigenvalue weighted by Gasteiger charge is 2.39. The highest BCUT2D eigenvalue weighted by Crippen LogP contribution is 2.35. The molecule has 1 aliphatic heterocycles. The summed E-state index contributed by atoms with van der Waals surface area (Å²) in [5, 5.41) is 3.28. The van der Waals surface area contributed by atoms with Crippen LogP contribution in [0.3, 0.4) is 0 Å². The predicted octanol–water partition coefficient (Wildman–Crippen LogP) is 1.89. The van der Waals surface area contributed by atoms with E-state index < -0.39 is 0 Å². The first-order valence-corrected chi connectivity index (χ1v) is 5.74. The Hall–Kier alpha value is -0.830. The molecule has 3 nitrogen and oxygen atoms in total. The van der Waals surface area contributed by atoms with Crippen molar-refractivity contribution in [2.75, 3.05) is 19.7 Å². The molecule has 0 aromatic heterocycles. The lowest BCUT2D eigenvalue weighted by Crippen LogP contribution is -2.43. The lowest BCUT2D eigenvalue weighted by Gasteiger charge is -2.35. The van der Waals surface area contributed by atoms with Gasteiger partial charge in [0.15, 0.2) is 0 Å². The second-order valence-electron chi connectivity index (χ2n) is 4.08. The first kappa shape index (κ1) is 12.2. The first-order chi connectivity index (χ1) is 7.25. The molecule has 0 aromatic rings. The smallest absolute Gasteiger partial charge is 0.312 e. The average molecular weight is 211 g/mol. The Morgan fingerprint density at radius 3 is 2.73 bits per heavy atom. The summed E-state index contributed by atoms with van der Waals surface area (Å²) in [7, 11) is 0. The van der Waals surface area contributed by atoms with Crippen LogP contribution in [0.4, 0.5) is 0 Å². The Bertz CT molecular complexity index is 220. The molecule has 0 atom stereocenters. The number of ether oxygens (including phenoxy) is 1. The standard InChI is InChI=1S/C12H21NO2/c1-3-5-6-12(11(14)15-4-2)7-9-13-10-8-12/h3,13H,1,4-10H2,2H3. The van der Waals surface area contributed by atoms with E-state index in [-0.39, 0.29) is 11.4 Å². The van der Waals surface area contributed by atoms with Crippen LogP contribution in [-0.2, 0) is 9.53 Å². The van der Waals surface area contributed by atoms with Gasteiger partial charge in [0.1, 0.15) is 0 Å². The van der Waals surface area contributed by atoms with Crippen LogP contribution in [0.2, 0.25) is 0 Å². The molecule has 1 N–H and O–H groups in total. The molecule has 1 rings (SSSR count). The predicted molar refractivity (Wildman–Crippen MR) is 60.6 cm³/mol. The molecule has 1 saturated heterocycles. The number of piperidine rings is 1. The maximum absolute atomic E-state index is 11.9. The van der Waals surface area contributed by atoms with Crippen molar-refractivity contribution in [2.45, 2.75) is 32.6 Å². The van der Waals surface area contributed by atoms with Crippen LogP contribution in [0, 0.1) is 5.41 Å². The molecule has 3 heteroatoms. The van der Waals surface area contributed by atoms with Gasteiger partial charge in [-0.15, -0.1) is 6.58 Å². The topological polar surface area (TPSA) is 38.3 Å². The zero-order valence-corrected chi connectivity index (χ0v) is 9.55. The normalized spacial score (nSPS) is 19.5. The van der Waals surface area contributed by atoms with Crippen LogP contribution >= 0.6 is 0 Å². The van der Waals surface area contributed by atoms with Crippen molar-refractivity contribution in [3.05, 3.63) is 12.7 Å². The Balaban J connectivity index is 2.64. The number of hydrogen-bond acceptors (Lipinski definition) is 3. The van der Waals surface area contributed by atoms with Crippen molar-refractivity contribution in [3.8, 4) is 0 Å². The van der Waals surface area contributed by atoms with Crippen LogP contribution in [0.1, 0.15) is 32.6 Å². The summed E-state index contributed by atoms with van der Waals surface area (Å²) in [6.45, 7) is 7.87. The van der Waals surface area contributed by atoms with Crippen LogP contribution in [0.15, 0.2) is 12.7 Å². The molecular weight excluding hydrogens is 190 g/mol. The van der Waals surface area contributed by atoms with Crippen LogP contribution in [-0.4, -0.2) is 25.7 Å². The molecule has 0 saturated carbocycles. The minimum Gasteiger partial charge on any atom is -0.466 e. The fourth-order valence-corrected chi connectivity index (χ4v) is 2.12. The number of allylic oxidation sites excluding steroid dienone is 1. The molecule has 0 aromatic carbocycles. The largest absolute Gasteiger partial charge is 0.466 e. The SMILES string of the molecule is C=CCCC1(C(=O)OCC)CCNCC1. The van der Waals surface area contributed by atoms with Gasteiger partial charge in [0.2, 0.25) is 0 Å². The van der Waals surface area contributed by atoms with E-state index in [1.54, 1.807) is 0 Å². The summed E-state index contributed by atoms with van der Waals surface area (Å²) in [4.78, 5) is 11.9. The minimum absolute atomic E-state index is 0.0200. The van der Waals surface area contributed by atoms with E-state index in [0.717, 1.165) is 38.8 Å². The lowest BCUT2D eigenvalue weighted by atomic mass is 9.75. The van der Waals surface area contributed by atoms with Gasteiger partial charge < -0.3 is 10.1 Å². The van der Waals surface area contributed by atoms with E-state index in [9.17, 15) is 4.79 Å². The van der Waals surface area contributed by atoms with E-state index in [0.29, 0.717) is 6.61 Å². The van der Waals surface area contributed by atoms with Gasteiger partial charge in [-0.3, -0.25) is 4.79 Å². The maximum Gasteiger partial charge on any atom is 0.312 e. The van der Waals surface area contributed by atoms with Crippen molar-refractivity contribution in [3.63, 3.8) is 0 Å². The van der Waals surface area contributed by atoms with E-state index >= 15 is 0 Å².